The van der Waals surface area contributed by atoms with Crippen LogP contribution in [0.15, 0.2) is 65.7 Å². The molecule has 0 radical (unpaired) electrons. The molecule has 3 aromatic rings. The highest BCUT2D eigenvalue weighted by molar-refractivity contribution is 7.92. The average molecular weight is 388 g/mol. The number of aromatic nitrogens is 1. The zero-order chi connectivity index (χ0) is 18.7. The topological polar surface area (TPSA) is 71.1 Å². The summed E-state index contributed by atoms with van der Waals surface area (Å²) in [6.07, 6.45) is 1.57. The van der Waals surface area contributed by atoms with Gasteiger partial charge in [0, 0.05) is 5.69 Å². The van der Waals surface area contributed by atoms with Crippen molar-refractivity contribution in [3.8, 4) is 0 Å². The van der Waals surface area contributed by atoms with Gasteiger partial charge >= 0.3 is 0 Å². The van der Waals surface area contributed by atoms with Gasteiger partial charge in [-0.2, -0.15) is 0 Å². The molecule has 26 heavy (non-hydrogen) atoms. The van der Waals surface area contributed by atoms with Crippen LogP contribution in [0.1, 0.15) is 11.1 Å². The van der Waals surface area contributed by atoms with Crippen LogP contribution in [-0.4, -0.2) is 13.4 Å². The van der Waals surface area contributed by atoms with Gasteiger partial charge in [-0.25, -0.2) is 13.4 Å². The maximum atomic E-state index is 12.4. The maximum absolute atomic E-state index is 12.4. The summed E-state index contributed by atoms with van der Waals surface area (Å²) in [6, 6.07) is 15.8. The van der Waals surface area contributed by atoms with E-state index in [9.17, 15) is 8.42 Å². The number of aryl methyl sites for hydroxylation is 2. The van der Waals surface area contributed by atoms with E-state index in [0.29, 0.717) is 0 Å². The number of halogens is 1. The quantitative estimate of drug-likeness (QED) is 0.653. The zero-order valence-electron chi connectivity index (χ0n) is 14.3. The third-order valence-electron chi connectivity index (χ3n) is 3.64. The number of rotatable bonds is 5. The Hall–Kier alpha value is -2.57. The first-order chi connectivity index (χ1) is 12.3. The van der Waals surface area contributed by atoms with Gasteiger partial charge in [0.1, 0.15) is 10.7 Å². The maximum Gasteiger partial charge on any atom is 0.264 e. The summed E-state index contributed by atoms with van der Waals surface area (Å²) in [6.45, 7) is 4.06. The van der Waals surface area contributed by atoms with Crippen LogP contribution in [0.5, 0.6) is 0 Å². The fourth-order valence-electron chi connectivity index (χ4n) is 2.60. The largest absolute Gasteiger partial charge is 0.354 e. The van der Waals surface area contributed by atoms with Crippen molar-refractivity contribution < 1.29 is 8.42 Å². The number of nitrogens with one attached hydrogen (secondary N) is 2. The predicted octanol–water partition coefficient (Wildman–Crippen LogP) is 4.90. The van der Waals surface area contributed by atoms with Crippen LogP contribution in [0.2, 0.25) is 5.02 Å². The Labute approximate surface area is 158 Å². The van der Waals surface area contributed by atoms with Gasteiger partial charge in [-0.05, 0) is 61.4 Å². The Kier molecular flexibility index (Phi) is 5.15. The van der Waals surface area contributed by atoms with E-state index < -0.39 is 10.0 Å². The molecular formula is C19H18ClN3O2S. The zero-order valence-corrected chi connectivity index (χ0v) is 15.9. The van der Waals surface area contributed by atoms with Crippen molar-refractivity contribution in [2.75, 3.05) is 10.0 Å². The summed E-state index contributed by atoms with van der Waals surface area (Å²) in [5.74, 6) is 0.218. The van der Waals surface area contributed by atoms with Gasteiger partial charge in [-0.15, -0.1) is 0 Å². The van der Waals surface area contributed by atoms with Crippen molar-refractivity contribution in [3.05, 3.63) is 76.9 Å². The van der Waals surface area contributed by atoms with E-state index in [1.54, 1.807) is 30.5 Å². The monoisotopic (exact) mass is 387 g/mol. The minimum Gasteiger partial charge on any atom is -0.354 e. The van der Waals surface area contributed by atoms with Crippen LogP contribution in [0.3, 0.4) is 0 Å². The van der Waals surface area contributed by atoms with Gasteiger partial charge in [-0.3, -0.25) is 4.72 Å². The van der Waals surface area contributed by atoms with Crippen LogP contribution in [0, 0.1) is 13.8 Å². The van der Waals surface area contributed by atoms with Gasteiger partial charge in [0.15, 0.2) is 0 Å². The molecule has 0 saturated carbocycles. The lowest BCUT2D eigenvalue weighted by Gasteiger charge is -2.11. The summed E-state index contributed by atoms with van der Waals surface area (Å²) in [7, 11) is -3.79. The molecule has 2 N–H and O–H groups in total. The van der Waals surface area contributed by atoms with Crippen molar-refractivity contribution in [1.82, 2.24) is 4.98 Å². The first kappa shape index (κ1) is 18.2. The third kappa shape index (κ3) is 4.33. The van der Waals surface area contributed by atoms with Crippen LogP contribution in [0.4, 0.5) is 17.2 Å². The average Bonchev–Trinajstić information content (AvgIpc) is 2.56. The Bertz CT molecular complexity index is 1010. The number of nitrogens with zero attached hydrogens (tertiary/aromatic N) is 1. The van der Waals surface area contributed by atoms with Gasteiger partial charge in [0.2, 0.25) is 0 Å². The lowest BCUT2D eigenvalue weighted by atomic mass is 10.1. The fourth-order valence-corrected chi connectivity index (χ4v) is 4.13. The molecule has 1 heterocycles. The molecule has 0 spiro atoms. The molecule has 0 fully saturated rings. The second-order valence-electron chi connectivity index (χ2n) is 5.97. The summed E-state index contributed by atoms with van der Waals surface area (Å²) >= 11 is 5.97. The molecule has 0 unspecified atom stereocenters. The molecule has 0 bridgehead atoms. The number of sulfonamides is 1. The van der Waals surface area contributed by atoms with E-state index in [1.165, 1.54) is 12.1 Å². The second kappa shape index (κ2) is 7.35. The normalized spacial score (nSPS) is 11.2. The first-order valence-electron chi connectivity index (χ1n) is 7.92. The van der Waals surface area contributed by atoms with Gasteiger partial charge < -0.3 is 5.32 Å². The minimum atomic E-state index is -3.79. The molecule has 3 rings (SSSR count). The molecule has 0 aliphatic carbocycles. The standard InChI is InChI=1S/C19H18ClN3O2S/c1-13-9-14(2)11-16(10-13)22-15-7-8-19(21-12-15)23-26(24,25)18-6-4-3-5-17(18)20/h3-12,22H,1-2H3,(H,21,23). The lowest BCUT2D eigenvalue weighted by molar-refractivity contribution is 0.601. The fraction of sp³-hybridized carbons (Fsp3) is 0.105. The third-order valence-corrected chi connectivity index (χ3v) is 5.49. The van der Waals surface area contributed by atoms with Crippen molar-refractivity contribution in [2.24, 2.45) is 0 Å². The molecule has 134 valence electrons. The summed E-state index contributed by atoms with van der Waals surface area (Å²) in [4.78, 5) is 4.18. The van der Waals surface area contributed by atoms with E-state index in [2.05, 4.69) is 21.1 Å². The SMILES string of the molecule is Cc1cc(C)cc(Nc2ccc(NS(=O)(=O)c3ccccc3Cl)nc2)c1. The Balaban J connectivity index is 1.76. The summed E-state index contributed by atoms with van der Waals surface area (Å²) in [5, 5.41) is 3.42. The number of hydrogen-bond donors (Lipinski definition) is 2. The van der Waals surface area contributed by atoms with Gasteiger partial charge in [0.25, 0.3) is 10.0 Å². The minimum absolute atomic E-state index is 0.0147. The van der Waals surface area contributed by atoms with E-state index in [4.69, 9.17) is 11.6 Å². The van der Waals surface area contributed by atoms with Crippen LogP contribution in [0.25, 0.3) is 0 Å². The molecule has 0 atom stereocenters. The molecule has 0 saturated heterocycles. The highest BCUT2D eigenvalue weighted by Crippen LogP contribution is 2.24. The highest BCUT2D eigenvalue weighted by atomic mass is 35.5. The number of hydrogen-bond acceptors (Lipinski definition) is 4. The van der Waals surface area contributed by atoms with Crippen molar-refractivity contribution in [3.63, 3.8) is 0 Å². The summed E-state index contributed by atoms with van der Waals surface area (Å²) < 4.78 is 27.3. The van der Waals surface area contributed by atoms with E-state index >= 15 is 0 Å². The van der Waals surface area contributed by atoms with Crippen LogP contribution >= 0.6 is 11.6 Å². The summed E-state index contributed by atoms with van der Waals surface area (Å²) in [5.41, 5.74) is 4.03. The molecule has 2 aromatic carbocycles. The number of anilines is 3. The number of benzene rings is 2. The molecule has 5 nitrogen and oxygen atoms in total. The van der Waals surface area contributed by atoms with Gasteiger partial charge in [-0.1, -0.05) is 29.8 Å². The molecule has 0 aliphatic rings. The molecular weight excluding hydrogens is 370 g/mol. The number of pyridine rings is 1. The second-order valence-corrected chi connectivity index (χ2v) is 8.03. The van der Waals surface area contributed by atoms with E-state index in [0.717, 1.165) is 22.5 Å². The lowest BCUT2D eigenvalue weighted by Crippen LogP contribution is -2.14. The molecule has 0 amide bonds. The smallest absolute Gasteiger partial charge is 0.264 e. The first-order valence-corrected chi connectivity index (χ1v) is 9.78. The highest BCUT2D eigenvalue weighted by Gasteiger charge is 2.17. The Morgan fingerprint density at radius 1 is 0.923 bits per heavy atom. The Morgan fingerprint density at radius 2 is 1.62 bits per heavy atom. The van der Waals surface area contributed by atoms with Gasteiger partial charge in [0.05, 0.1) is 16.9 Å². The van der Waals surface area contributed by atoms with Crippen LogP contribution in [-0.2, 0) is 10.0 Å². The molecule has 0 aliphatic heterocycles. The Morgan fingerprint density at radius 3 is 2.23 bits per heavy atom. The van der Waals surface area contributed by atoms with Crippen LogP contribution < -0.4 is 10.0 Å². The molecule has 1 aromatic heterocycles. The van der Waals surface area contributed by atoms with Crippen molar-refractivity contribution in [1.29, 1.82) is 0 Å². The molecule has 7 heteroatoms. The van der Waals surface area contributed by atoms with Crippen molar-refractivity contribution >= 4 is 38.8 Å². The van der Waals surface area contributed by atoms with E-state index in [1.807, 2.05) is 26.0 Å². The predicted molar refractivity (Wildman–Crippen MR) is 106 cm³/mol. The van der Waals surface area contributed by atoms with Crippen molar-refractivity contribution in [2.45, 2.75) is 18.7 Å². The van der Waals surface area contributed by atoms with E-state index in [-0.39, 0.29) is 15.7 Å².